The monoisotopic (exact) mass is 1620 g/mol. The largest absolute Gasteiger partial charge is 0.385 e. The summed E-state index contributed by atoms with van der Waals surface area (Å²) in [6, 6.07) is 84.6. The molecule has 0 saturated heterocycles. The van der Waals surface area contributed by atoms with Gasteiger partial charge in [0.15, 0.2) is 11.6 Å². The summed E-state index contributed by atoms with van der Waals surface area (Å²) in [5.41, 5.74) is 19.6. The molecule has 12 aromatic rings. The summed E-state index contributed by atoms with van der Waals surface area (Å²) in [7, 11) is 0. The fourth-order valence-electron chi connectivity index (χ4n) is 21.4. The molecule has 12 aromatic carbocycles. The minimum atomic E-state index is -0.972. The van der Waals surface area contributed by atoms with Crippen LogP contribution in [-0.4, -0.2) is 26.6 Å². The van der Waals surface area contributed by atoms with Crippen LogP contribution >= 0.6 is 47.8 Å². The number of carbonyl (C=O) groups excluding carboxylic acids is 2. The SMILES string of the molecule is Brc1cccc2c1CCCC2.O=C1c2ccccc2C(=O)C2C=C(Br)C=CC12.OC1(c2cccc3ccccc23)C2CCCCC2C(O)(c2cccc3ccccc23)C2CC(Br)CCC21.c1cc2c(c(-c3c4ccccc4c(-c4cccc5c4CCCC5)c4ccccc34)c1)CCCC2.c1ccc2c(c1)CCCC2. The first kappa shape index (κ1) is 73.6. The molecule has 9 aliphatic carbocycles. The molecule has 550 valence electrons. The van der Waals surface area contributed by atoms with E-state index in [4.69, 9.17) is 0 Å². The molecule has 109 heavy (non-hydrogen) atoms. The van der Waals surface area contributed by atoms with Crippen molar-refractivity contribution in [2.24, 2.45) is 35.5 Å². The van der Waals surface area contributed by atoms with Crippen LogP contribution in [0.5, 0.6) is 0 Å². The average molecular weight is 1630 g/mol. The number of hydrogen-bond acceptors (Lipinski definition) is 4. The van der Waals surface area contributed by atoms with Gasteiger partial charge >= 0.3 is 0 Å². The van der Waals surface area contributed by atoms with Crippen molar-refractivity contribution in [2.75, 3.05) is 0 Å². The van der Waals surface area contributed by atoms with E-state index in [1.54, 1.807) is 68.8 Å². The van der Waals surface area contributed by atoms with Crippen molar-refractivity contribution in [3.63, 3.8) is 0 Å². The summed E-state index contributed by atoms with van der Waals surface area (Å²) in [5.74, 6) is -0.617. The fourth-order valence-corrected chi connectivity index (χ4v) is 23.1. The smallest absolute Gasteiger partial charge is 0.171 e. The molecule has 9 aliphatic rings. The number of allylic oxidation sites excluding steroid dienone is 4. The highest BCUT2D eigenvalue weighted by Crippen LogP contribution is 2.67. The van der Waals surface area contributed by atoms with Gasteiger partial charge in [-0.05, 0) is 286 Å². The molecule has 9 atom stereocenters. The number of fused-ring (bicyclic) bond motifs is 12. The van der Waals surface area contributed by atoms with Crippen LogP contribution in [-0.2, 0) is 62.6 Å². The third kappa shape index (κ3) is 14.1. The number of rotatable bonds is 4. The van der Waals surface area contributed by atoms with Gasteiger partial charge in [-0.3, -0.25) is 9.59 Å². The van der Waals surface area contributed by atoms with Crippen molar-refractivity contribution in [1.82, 2.24) is 0 Å². The Morgan fingerprint density at radius 3 is 1.17 bits per heavy atom. The molecule has 0 heterocycles. The summed E-state index contributed by atoms with van der Waals surface area (Å²) in [6.45, 7) is 0. The number of benzene rings is 12. The lowest BCUT2D eigenvalue weighted by molar-refractivity contribution is -0.257. The average Bonchev–Trinajstić information content (AvgIpc) is 0.691. The highest BCUT2D eigenvalue weighted by molar-refractivity contribution is 9.12. The van der Waals surface area contributed by atoms with Crippen LogP contribution in [0.3, 0.4) is 0 Å². The molecule has 2 N–H and O–H groups in total. The van der Waals surface area contributed by atoms with Crippen molar-refractivity contribution in [1.29, 1.82) is 0 Å². The molecule has 9 unspecified atom stereocenters. The van der Waals surface area contributed by atoms with E-state index in [1.807, 2.05) is 18.2 Å². The first-order valence-corrected chi connectivity index (χ1v) is 43.2. The Bertz CT molecular complexity index is 5280. The molecule has 4 nitrogen and oxygen atoms in total. The van der Waals surface area contributed by atoms with E-state index < -0.39 is 11.2 Å². The van der Waals surface area contributed by atoms with E-state index in [-0.39, 0.29) is 47.1 Å². The van der Waals surface area contributed by atoms with Gasteiger partial charge < -0.3 is 10.2 Å². The normalized spacial score (nSPS) is 24.1. The van der Waals surface area contributed by atoms with Crippen molar-refractivity contribution >= 4 is 102 Å². The highest BCUT2D eigenvalue weighted by atomic mass is 79.9. The van der Waals surface area contributed by atoms with Crippen molar-refractivity contribution < 1.29 is 19.8 Å². The Balaban J connectivity index is 0.000000109. The third-order valence-corrected chi connectivity index (χ3v) is 28.5. The second kappa shape index (κ2) is 32.3. The minimum Gasteiger partial charge on any atom is -0.385 e. The minimum absolute atomic E-state index is 0.00424. The molecule has 0 aromatic heterocycles. The zero-order chi connectivity index (χ0) is 74.2. The van der Waals surface area contributed by atoms with Gasteiger partial charge in [0.1, 0.15) is 0 Å². The van der Waals surface area contributed by atoms with Crippen molar-refractivity contribution in [2.45, 2.75) is 164 Å². The predicted molar refractivity (Wildman–Crippen MR) is 462 cm³/mol. The lowest BCUT2D eigenvalue weighted by atomic mass is 9.44. The van der Waals surface area contributed by atoms with Crippen molar-refractivity contribution in [3.05, 3.63) is 331 Å². The number of carbonyl (C=O) groups is 2. The second-order valence-corrected chi connectivity index (χ2v) is 35.3. The molecular formula is C102H97Br3O4. The number of aliphatic hydroxyl groups is 2. The van der Waals surface area contributed by atoms with Gasteiger partial charge in [-0.25, -0.2) is 0 Å². The Morgan fingerprint density at radius 1 is 0.321 bits per heavy atom. The maximum absolute atomic E-state index is 13.2. The second-order valence-electron chi connectivity index (χ2n) is 32.3. The van der Waals surface area contributed by atoms with Crippen LogP contribution in [0.1, 0.15) is 173 Å². The van der Waals surface area contributed by atoms with E-state index in [2.05, 4.69) is 260 Å². The number of halogens is 3. The number of aryl methyl sites for hydroxylation is 5. The molecule has 21 rings (SSSR count). The maximum Gasteiger partial charge on any atom is 0.171 e. The van der Waals surface area contributed by atoms with Crippen LogP contribution in [0.15, 0.2) is 264 Å². The van der Waals surface area contributed by atoms with Crippen LogP contribution in [0.2, 0.25) is 0 Å². The van der Waals surface area contributed by atoms with Gasteiger partial charge in [-0.15, -0.1) is 0 Å². The molecule has 0 spiro atoms. The summed E-state index contributed by atoms with van der Waals surface area (Å²) >= 11 is 10.9. The lowest BCUT2D eigenvalue weighted by Gasteiger charge is -2.64. The molecule has 7 heteroatoms. The molecule has 3 saturated carbocycles. The first-order chi connectivity index (χ1) is 53.4. The van der Waals surface area contributed by atoms with Gasteiger partial charge in [-0.2, -0.15) is 0 Å². The molecule has 0 aliphatic heterocycles. The van der Waals surface area contributed by atoms with E-state index in [9.17, 15) is 19.8 Å². The zero-order valence-corrected chi connectivity index (χ0v) is 67.2. The van der Waals surface area contributed by atoms with Crippen LogP contribution in [0.25, 0.3) is 65.3 Å². The Kier molecular flexibility index (Phi) is 21.8. The molecule has 0 amide bonds. The number of alkyl halides is 1. The Hall–Kier alpha value is -8.14. The summed E-state index contributed by atoms with van der Waals surface area (Å²) in [5, 5.41) is 36.6. The van der Waals surface area contributed by atoms with Crippen LogP contribution < -0.4 is 0 Å². The topological polar surface area (TPSA) is 74.6 Å². The van der Waals surface area contributed by atoms with Gasteiger partial charge in [0.05, 0.1) is 23.0 Å². The van der Waals surface area contributed by atoms with Crippen LogP contribution in [0.4, 0.5) is 0 Å². The molecule has 0 radical (unpaired) electrons. The summed E-state index contributed by atoms with van der Waals surface area (Å²) < 4.78 is 2.16. The van der Waals surface area contributed by atoms with E-state index in [1.165, 1.54) is 162 Å². The maximum atomic E-state index is 13.2. The molecular weight excluding hydrogens is 1530 g/mol. The lowest BCUT2D eigenvalue weighted by Crippen LogP contribution is -2.65. The first-order valence-electron chi connectivity index (χ1n) is 40.7. The van der Waals surface area contributed by atoms with Crippen LogP contribution in [0, 0.1) is 35.5 Å². The van der Waals surface area contributed by atoms with E-state index >= 15 is 0 Å². The van der Waals surface area contributed by atoms with Crippen molar-refractivity contribution in [3.8, 4) is 22.3 Å². The molecule has 0 bridgehead atoms. The number of hydrogen-bond donors (Lipinski definition) is 2. The zero-order valence-electron chi connectivity index (χ0n) is 62.4. The van der Waals surface area contributed by atoms with Gasteiger partial charge in [0, 0.05) is 24.9 Å². The summed E-state index contributed by atoms with van der Waals surface area (Å²) in [6.07, 6.45) is 33.1. The Labute approximate surface area is 669 Å². The van der Waals surface area contributed by atoms with E-state index in [0.717, 1.165) is 71.3 Å². The van der Waals surface area contributed by atoms with E-state index in [0.29, 0.717) is 16.0 Å². The molecule has 3 fully saturated rings. The summed E-state index contributed by atoms with van der Waals surface area (Å²) in [4.78, 5) is 24.9. The standard InChI is InChI=1S/C34H35BrO2.C34H30.C14H9BrO2.C10H11Br.C10H12/c35-24-19-20-31-32(21-24)34(37,28-18-8-12-23-10-2-4-14-26(23)28)30-16-6-5-15-29(30)33(31,36)27-17-7-11-22-9-1-3-13-25(22)27;1-3-15-25-23(11-1)13-9-21-27(25)33-29-17-5-7-19-31(29)34(32-20-8-6-18-30(32)33)28-22-10-14-24-12-2-4-16-26(24)28;15-8-5-6-11-12(7-8)14(17)10-4-2-1-3-9(10)13(11)16;11-10-7-3-5-8-4-1-2-6-9(8)10;1-2-6-10-8-4-3-7-9(10)5-1/h1-4,7-14,17-18,24,29-32,36-37H,5-6,15-16,19-21H2;5-10,13-14,17-22H,1-4,11-12,15-16H2;1-7,11-12H;3,5,7H,1-2,4,6H2;1-2,5-6H,3-4,7-8H2. The fraction of sp³-hybridized carbons (Fsp3) is 0.314. The van der Waals surface area contributed by atoms with Gasteiger partial charge in [-0.1, -0.05) is 309 Å². The number of ketones is 2. The van der Waals surface area contributed by atoms with Gasteiger partial charge in [0.25, 0.3) is 0 Å². The Morgan fingerprint density at radius 2 is 0.679 bits per heavy atom. The van der Waals surface area contributed by atoms with Gasteiger partial charge in [0.2, 0.25) is 0 Å². The third-order valence-electron chi connectivity index (χ3n) is 26.4. The quantitative estimate of drug-likeness (QED) is 0.136. The predicted octanol–water partition coefficient (Wildman–Crippen LogP) is 26.2. The highest BCUT2D eigenvalue weighted by Gasteiger charge is 2.66. The number of Topliss-reactive ketones (excluding diaryl/α,β-unsaturated/α-hetero) is 2.